The summed E-state index contributed by atoms with van der Waals surface area (Å²) < 4.78 is 17.7. The molecule has 3 aromatic rings. The molecule has 1 aliphatic rings. The van der Waals surface area contributed by atoms with E-state index in [1.54, 1.807) is 4.90 Å². The molecule has 1 aromatic heterocycles. The second-order valence-corrected chi connectivity index (χ2v) is 9.02. The molecular weight excluding hydrogens is 426 g/mol. The lowest BCUT2D eigenvalue weighted by atomic mass is 10.2. The molecule has 2 aromatic carbocycles. The first-order valence-electron chi connectivity index (χ1n) is 10.9. The predicted molar refractivity (Wildman–Crippen MR) is 127 cm³/mol. The van der Waals surface area contributed by atoms with E-state index in [4.69, 9.17) is 19.2 Å². The van der Waals surface area contributed by atoms with E-state index in [1.807, 2.05) is 50.5 Å². The molecule has 4 rings (SSSR count). The van der Waals surface area contributed by atoms with E-state index in [1.165, 1.54) is 11.3 Å². The molecule has 0 spiro atoms. The summed E-state index contributed by atoms with van der Waals surface area (Å²) in [5, 5.41) is 0.677. The summed E-state index contributed by atoms with van der Waals surface area (Å²) in [6.45, 7) is 4.51. The highest BCUT2D eigenvalue weighted by atomic mass is 32.1. The van der Waals surface area contributed by atoms with Gasteiger partial charge in [0.15, 0.2) is 16.6 Å². The maximum absolute atomic E-state index is 13.5. The summed E-state index contributed by atoms with van der Waals surface area (Å²) in [7, 11) is 4.06. The number of carbonyl (C=O) groups excluding carboxylic acids is 1. The Kier molecular flexibility index (Phi) is 7.12. The van der Waals surface area contributed by atoms with Crippen molar-refractivity contribution in [3.05, 3.63) is 42.0 Å². The standard InChI is InChI=1S/C24H29N3O4S/c1-4-5-13-29-18-9-7-17(8-10-18)23(28)27(12-6-11-26(2)3)24-25-19-14-20-21(31-16-30-20)15-22(19)32-24/h7-10,14-15H,4-6,11-13,16H2,1-3H3. The zero-order valence-corrected chi connectivity index (χ0v) is 19.6. The lowest BCUT2D eigenvalue weighted by Gasteiger charge is -2.21. The lowest BCUT2D eigenvalue weighted by molar-refractivity contribution is 0.0986. The molecule has 0 aliphatic carbocycles. The van der Waals surface area contributed by atoms with E-state index >= 15 is 0 Å². The van der Waals surface area contributed by atoms with Crippen LogP contribution in [0, 0.1) is 0 Å². The van der Waals surface area contributed by atoms with Crippen LogP contribution in [0.4, 0.5) is 5.13 Å². The SMILES string of the molecule is CCCCOc1ccc(C(=O)N(CCCN(C)C)c2nc3cc4c(cc3s2)OCO4)cc1. The van der Waals surface area contributed by atoms with Crippen LogP contribution in [0.5, 0.6) is 17.2 Å². The van der Waals surface area contributed by atoms with E-state index in [9.17, 15) is 4.79 Å². The number of aromatic nitrogens is 1. The molecule has 1 aliphatic heterocycles. The number of amides is 1. The molecule has 170 valence electrons. The van der Waals surface area contributed by atoms with Crippen molar-refractivity contribution in [1.29, 1.82) is 0 Å². The Morgan fingerprint density at radius 2 is 1.84 bits per heavy atom. The third kappa shape index (κ3) is 5.14. The van der Waals surface area contributed by atoms with Gasteiger partial charge in [-0.3, -0.25) is 9.69 Å². The van der Waals surface area contributed by atoms with Crippen LogP contribution in [-0.2, 0) is 0 Å². The Morgan fingerprint density at radius 3 is 2.56 bits per heavy atom. The largest absolute Gasteiger partial charge is 0.494 e. The van der Waals surface area contributed by atoms with Gasteiger partial charge in [0.25, 0.3) is 5.91 Å². The smallest absolute Gasteiger partial charge is 0.260 e. The van der Waals surface area contributed by atoms with Gasteiger partial charge in [-0.2, -0.15) is 0 Å². The van der Waals surface area contributed by atoms with Gasteiger partial charge >= 0.3 is 0 Å². The number of thiazole rings is 1. The van der Waals surface area contributed by atoms with Gasteiger partial charge in [0.1, 0.15) is 5.75 Å². The van der Waals surface area contributed by atoms with Crippen LogP contribution in [0.15, 0.2) is 36.4 Å². The number of anilines is 1. The Labute approximate surface area is 192 Å². The van der Waals surface area contributed by atoms with Crippen molar-refractivity contribution >= 4 is 32.6 Å². The second-order valence-electron chi connectivity index (χ2n) is 8.01. The van der Waals surface area contributed by atoms with E-state index < -0.39 is 0 Å². The molecule has 0 fully saturated rings. The number of carbonyl (C=O) groups is 1. The fourth-order valence-corrected chi connectivity index (χ4v) is 4.43. The van der Waals surface area contributed by atoms with E-state index in [0.717, 1.165) is 47.5 Å². The van der Waals surface area contributed by atoms with Crippen molar-refractivity contribution in [2.75, 3.05) is 45.5 Å². The summed E-state index contributed by atoms with van der Waals surface area (Å²) in [6, 6.07) is 11.2. The number of benzene rings is 2. The minimum absolute atomic E-state index is 0.0667. The summed E-state index contributed by atoms with van der Waals surface area (Å²) in [6.07, 6.45) is 2.94. The van der Waals surface area contributed by atoms with Gasteiger partial charge in [-0.05, 0) is 57.7 Å². The second kappa shape index (κ2) is 10.2. The summed E-state index contributed by atoms with van der Waals surface area (Å²) in [5.41, 5.74) is 1.42. The predicted octanol–water partition coefficient (Wildman–Crippen LogP) is 4.80. The molecule has 0 atom stereocenters. The van der Waals surface area contributed by atoms with E-state index in [-0.39, 0.29) is 12.7 Å². The normalized spacial score (nSPS) is 12.5. The van der Waals surface area contributed by atoms with Crippen LogP contribution in [0.25, 0.3) is 10.2 Å². The monoisotopic (exact) mass is 455 g/mol. The van der Waals surface area contributed by atoms with Crippen LogP contribution >= 0.6 is 11.3 Å². The maximum Gasteiger partial charge on any atom is 0.260 e. The fourth-order valence-electron chi connectivity index (χ4n) is 3.43. The van der Waals surface area contributed by atoms with Gasteiger partial charge in [-0.25, -0.2) is 4.98 Å². The Morgan fingerprint density at radius 1 is 1.09 bits per heavy atom. The molecular formula is C24H29N3O4S. The molecule has 0 unspecified atom stereocenters. The first-order valence-corrected chi connectivity index (χ1v) is 11.8. The lowest BCUT2D eigenvalue weighted by Crippen LogP contribution is -2.33. The highest BCUT2D eigenvalue weighted by Gasteiger charge is 2.23. The molecule has 32 heavy (non-hydrogen) atoms. The Balaban J connectivity index is 1.57. The number of hydrogen-bond acceptors (Lipinski definition) is 7. The van der Waals surface area contributed by atoms with Gasteiger partial charge < -0.3 is 19.1 Å². The van der Waals surface area contributed by atoms with Crippen molar-refractivity contribution < 1.29 is 19.0 Å². The van der Waals surface area contributed by atoms with Crippen LogP contribution in [0.3, 0.4) is 0 Å². The zero-order valence-electron chi connectivity index (χ0n) is 18.8. The number of hydrogen-bond donors (Lipinski definition) is 0. The number of fused-ring (bicyclic) bond motifs is 2. The number of unbranched alkanes of at least 4 members (excludes halogenated alkanes) is 1. The third-order valence-corrected chi connectivity index (χ3v) is 6.24. The third-order valence-electron chi connectivity index (χ3n) is 5.20. The van der Waals surface area contributed by atoms with E-state index in [2.05, 4.69) is 11.8 Å². The first-order chi connectivity index (χ1) is 15.5. The molecule has 7 nitrogen and oxygen atoms in total. The van der Waals surface area contributed by atoms with Crippen LogP contribution in [0.2, 0.25) is 0 Å². The molecule has 1 amide bonds. The molecule has 0 saturated heterocycles. The minimum Gasteiger partial charge on any atom is -0.494 e. The highest BCUT2D eigenvalue weighted by molar-refractivity contribution is 7.22. The van der Waals surface area contributed by atoms with Crippen LogP contribution in [-0.4, -0.2) is 56.4 Å². The molecule has 0 N–H and O–H groups in total. The maximum atomic E-state index is 13.5. The summed E-state index contributed by atoms with van der Waals surface area (Å²) in [5.74, 6) is 2.13. The fraction of sp³-hybridized carbons (Fsp3) is 0.417. The average molecular weight is 456 g/mol. The molecule has 0 saturated carbocycles. The van der Waals surface area contributed by atoms with Gasteiger partial charge in [0.2, 0.25) is 6.79 Å². The van der Waals surface area contributed by atoms with Crippen molar-refractivity contribution in [1.82, 2.24) is 9.88 Å². The first kappa shape index (κ1) is 22.4. The minimum atomic E-state index is -0.0667. The Hall–Kier alpha value is -2.84. The Bertz CT molecular complexity index is 1020. The quantitative estimate of drug-likeness (QED) is 0.409. The van der Waals surface area contributed by atoms with E-state index in [0.29, 0.717) is 29.6 Å². The zero-order chi connectivity index (χ0) is 22.5. The van der Waals surface area contributed by atoms with Gasteiger partial charge in [-0.1, -0.05) is 24.7 Å². The van der Waals surface area contributed by atoms with Crippen molar-refractivity contribution in [3.63, 3.8) is 0 Å². The summed E-state index contributed by atoms with van der Waals surface area (Å²) in [4.78, 5) is 22.1. The number of ether oxygens (including phenoxy) is 3. The summed E-state index contributed by atoms with van der Waals surface area (Å²) >= 11 is 1.49. The number of rotatable bonds is 10. The average Bonchev–Trinajstić information content (AvgIpc) is 3.40. The molecule has 0 radical (unpaired) electrons. The molecule has 8 heteroatoms. The van der Waals surface area contributed by atoms with Gasteiger partial charge in [0.05, 0.1) is 16.8 Å². The highest BCUT2D eigenvalue weighted by Crippen LogP contribution is 2.40. The van der Waals surface area contributed by atoms with Crippen molar-refractivity contribution in [2.24, 2.45) is 0 Å². The number of nitrogens with zero attached hydrogens (tertiary/aromatic N) is 3. The molecule has 0 bridgehead atoms. The van der Waals surface area contributed by atoms with Gasteiger partial charge in [0, 0.05) is 24.2 Å². The topological polar surface area (TPSA) is 64.1 Å². The van der Waals surface area contributed by atoms with Crippen LogP contribution < -0.4 is 19.1 Å². The van der Waals surface area contributed by atoms with Gasteiger partial charge in [-0.15, -0.1) is 0 Å². The molecule has 2 heterocycles. The van der Waals surface area contributed by atoms with Crippen molar-refractivity contribution in [2.45, 2.75) is 26.2 Å². The van der Waals surface area contributed by atoms with Crippen LogP contribution in [0.1, 0.15) is 36.5 Å². The van der Waals surface area contributed by atoms with Crippen molar-refractivity contribution in [3.8, 4) is 17.2 Å².